The van der Waals surface area contributed by atoms with Crippen LogP contribution in [0, 0.1) is 22.3 Å². The van der Waals surface area contributed by atoms with Crippen LogP contribution in [-0.4, -0.2) is 17.0 Å². The predicted molar refractivity (Wildman–Crippen MR) is 85.5 cm³/mol. The van der Waals surface area contributed by atoms with E-state index in [1.165, 1.54) is 0 Å². The second-order valence-corrected chi connectivity index (χ2v) is 6.19. The maximum atomic E-state index is 12.3. The molecule has 2 rings (SSSR count). The van der Waals surface area contributed by atoms with Gasteiger partial charge in [-0.3, -0.25) is 9.59 Å². The van der Waals surface area contributed by atoms with E-state index in [2.05, 4.69) is 27.9 Å². The van der Waals surface area contributed by atoms with E-state index < -0.39 is 17.8 Å². The number of rotatable bonds is 3. The molecular weight excluding hydrogens is 369 g/mol. The summed E-state index contributed by atoms with van der Waals surface area (Å²) in [7, 11) is 0. The van der Waals surface area contributed by atoms with Crippen LogP contribution in [0.15, 0.2) is 30.4 Å². The molecule has 1 aromatic rings. The number of allylic oxidation sites excluding steroid dienone is 2. The van der Waals surface area contributed by atoms with Crippen molar-refractivity contribution in [1.29, 1.82) is 0 Å². The molecule has 2 atom stereocenters. The van der Waals surface area contributed by atoms with Gasteiger partial charge in [0.15, 0.2) is 0 Å². The maximum Gasteiger partial charge on any atom is 0.307 e. The molecule has 2 N–H and O–H groups in total. The summed E-state index contributed by atoms with van der Waals surface area (Å²) < 4.78 is 1.10. The van der Waals surface area contributed by atoms with Crippen LogP contribution in [0.25, 0.3) is 0 Å². The summed E-state index contributed by atoms with van der Waals surface area (Å²) in [5.41, 5.74) is 1.72. The molecule has 0 spiro atoms. The minimum atomic E-state index is -0.908. The molecule has 2 unspecified atom stereocenters. The summed E-state index contributed by atoms with van der Waals surface area (Å²) >= 11 is 2.21. The van der Waals surface area contributed by atoms with Crippen molar-refractivity contribution in [1.82, 2.24) is 0 Å². The second-order valence-electron chi connectivity index (χ2n) is 4.94. The van der Waals surface area contributed by atoms with Crippen molar-refractivity contribution < 1.29 is 14.7 Å². The standard InChI is InChI=1S/C15H16INO3/c1-9-8-10(16)6-7-13(9)17-14(18)11-4-2-3-5-12(11)15(19)20/h2-3,6-8,11-12H,4-5H2,1H3,(H,17,18)(H,19,20). The second kappa shape index (κ2) is 6.39. The van der Waals surface area contributed by atoms with Crippen LogP contribution < -0.4 is 5.32 Å². The Morgan fingerprint density at radius 3 is 2.50 bits per heavy atom. The molecule has 4 nitrogen and oxygen atoms in total. The van der Waals surface area contributed by atoms with Crippen LogP contribution in [0.2, 0.25) is 0 Å². The fraction of sp³-hybridized carbons (Fsp3) is 0.333. The Balaban J connectivity index is 2.14. The van der Waals surface area contributed by atoms with E-state index in [0.717, 1.165) is 14.8 Å². The Morgan fingerprint density at radius 2 is 1.90 bits per heavy atom. The first kappa shape index (κ1) is 15.0. The van der Waals surface area contributed by atoms with Gasteiger partial charge in [0.25, 0.3) is 0 Å². The quantitative estimate of drug-likeness (QED) is 0.621. The molecule has 1 aromatic carbocycles. The Morgan fingerprint density at radius 1 is 1.25 bits per heavy atom. The molecule has 1 aliphatic rings. The molecule has 5 heteroatoms. The van der Waals surface area contributed by atoms with Crippen LogP contribution in [0.5, 0.6) is 0 Å². The summed E-state index contributed by atoms with van der Waals surface area (Å²) in [6.07, 6.45) is 4.61. The molecule has 106 valence electrons. The number of amides is 1. The molecule has 0 bridgehead atoms. The number of aryl methyl sites for hydroxylation is 1. The molecular formula is C15H16INO3. The number of aliphatic carboxylic acids is 1. The van der Waals surface area contributed by atoms with Gasteiger partial charge < -0.3 is 10.4 Å². The predicted octanol–water partition coefficient (Wildman–Crippen LogP) is 3.21. The Bertz CT molecular complexity index is 568. The molecule has 0 saturated carbocycles. The third-order valence-corrected chi connectivity index (χ3v) is 4.20. The highest BCUT2D eigenvalue weighted by Crippen LogP contribution is 2.28. The lowest BCUT2D eigenvalue weighted by atomic mass is 9.82. The number of benzene rings is 1. The zero-order valence-corrected chi connectivity index (χ0v) is 13.3. The van der Waals surface area contributed by atoms with Gasteiger partial charge in [-0.2, -0.15) is 0 Å². The monoisotopic (exact) mass is 385 g/mol. The number of carbonyl (C=O) groups is 2. The largest absolute Gasteiger partial charge is 0.481 e. The van der Waals surface area contributed by atoms with E-state index in [9.17, 15) is 14.7 Å². The van der Waals surface area contributed by atoms with Gasteiger partial charge in [0.1, 0.15) is 0 Å². The topological polar surface area (TPSA) is 66.4 Å². The number of carboxylic acids is 1. The van der Waals surface area contributed by atoms with Gasteiger partial charge >= 0.3 is 5.97 Å². The first-order valence-corrected chi connectivity index (χ1v) is 7.51. The summed E-state index contributed by atoms with van der Waals surface area (Å²) in [5, 5.41) is 12.1. The molecule has 20 heavy (non-hydrogen) atoms. The van der Waals surface area contributed by atoms with Gasteiger partial charge in [-0.05, 0) is 66.1 Å². The zero-order chi connectivity index (χ0) is 14.7. The first-order chi connectivity index (χ1) is 9.49. The molecule has 1 amide bonds. The number of carbonyl (C=O) groups excluding carboxylic acids is 1. The molecule has 0 heterocycles. The Hall–Kier alpha value is -1.37. The maximum absolute atomic E-state index is 12.3. The van der Waals surface area contributed by atoms with Crippen molar-refractivity contribution in [3.05, 3.63) is 39.5 Å². The van der Waals surface area contributed by atoms with Crippen LogP contribution in [0.4, 0.5) is 5.69 Å². The van der Waals surface area contributed by atoms with Crippen LogP contribution in [-0.2, 0) is 9.59 Å². The van der Waals surface area contributed by atoms with Crippen LogP contribution >= 0.6 is 22.6 Å². The molecule has 0 aromatic heterocycles. The Labute approximate surface area is 131 Å². The number of hydrogen-bond acceptors (Lipinski definition) is 2. The number of nitrogens with one attached hydrogen (secondary N) is 1. The fourth-order valence-electron chi connectivity index (χ4n) is 2.37. The summed E-state index contributed by atoms with van der Waals surface area (Å²) in [6.45, 7) is 1.92. The fourth-order valence-corrected chi connectivity index (χ4v) is 3.02. The van der Waals surface area contributed by atoms with E-state index in [-0.39, 0.29) is 5.91 Å². The van der Waals surface area contributed by atoms with Gasteiger partial charge in [-0.25, -0.2) is 0 Å². The summed E-state index contributed by atoms with van der Waals surface area (Å²) in [4.78, 5) is 23.5. The van der Waals surface area contributed by atoms with Crippen molar-refractivity contribution in [2.75, 3.05) is 5.32 Å². The number of hydrogen-bond donors (Lipinski definition) is 2. The third kappa shape index (κ3) is 3.39. The van der Waals surface area contributed by atoms with Gasteiger partial charge in [0, 0.05) is 9.26 Å². The summed E-state index contributed by atoms with van der Waals surface area (Å²) in [6, 6.07) is 5.74. The van der Waals surface area contributed by atoms with E-state index in [1.807, 2.05) is 37.3 Å². The average Bonchev–Trinajstić information content (AvgIpc) is 2.41. The van der Waals surface area contributed by atoms with Crippen molar-refractivity contribution in [3.8, 4) is 0 Å². The van der Waals surface area contributed by atoms with Gasteiger partial charge in [-0.1, -0.05) is 12.2 Å². The minimum absolute atomic E-state index is 0.217. The number of halogens is 1. The number of anilines is 1. The van der Waals surface area contributed by atoms with E-state index in [1.54, 1.807) is 0 Å². The molecule has 0 radical (unpaired) electrons. The third-order valence-electron chi connectivity index (χ3n) is 3.53. The van der Waals surface area contributed by atoms with Crippen molar-refractivity contribution in [2.45, 2.75) is 19.8 Å². The number of carboxylic acid groups (broad SMARTS) is 1. The minimum Gasteiger partial charge on any atom is -0.481 e. The van der Waals surface area contributed by atoms with Crippen molar-refractivity contribution in [3.63, 3.8) is 0 Å². The van der Waals surface area contributed by atoms with Crippen molar-refractivity contribution in [2.24, 2.45) is 11.8 Å². The van der Waals surface area contributed by atoms with Gasteiger partial charge in [0.05, 0.1) is 11.8 Å². The van der Waals surface area contributed by atoms with E-state index in [4.69, 9.17) is 0 Å². The lowest BCUT2D eigenvalue weighted by Gasteiger charge is -2.24. The van der Waals surface area contributed by atoms with Crippen LogP contribution in [0.1, 0.15) is 18.4 Å². The van der Waals surface area contributed by atoms with Gasteiger partial charge in [0.2, 0.25) is 5.91 Å². The average molecular weight is 385 g/mol. The summed E-state index contributed by atoms with van der Waals surface area (Å²) in [5.74, 6) is -2.26. The lowest BCUT2D eigenvalue weighted by Crippen LogP contribution is -2.34. The van der Waals surface area contributed by atoms with Crippen LogP contribution in [0.3, 0.4) is 0 Å². The van der Waals surface area contributed by atoms with E-state index in [0.29, 0.717) is 12.8 Å². The highest BCUT2D eigenvalue weighted by molar-refractivity contribution is 14.1. The molecule has 0 aliphatic heterocycles. The molecule has 0 saturated heterocycles. The SMILES string of the molecule is Cc1cc(I)ccc1NC(=O)C1CC=CCC1C(=O)O. The van der Waals surface area contributed by atoms with Crippen molar-refractivity contribution >= 4 is 40.2 Å². The highest BCUT2D eigenvalue weighted by atomic mass is 127. The van der Waals surface area contributed by atoms with E-state index >= 15 is 0 Å². The normalized spacial score (nSPS) is 21.5. The molecule has 0 fully saturated rings. The smallest absolute Gasteiger partial charge is 0.307 e. The molecule has 1 aliphatic carbocycles. The highest BCUT2D eigenvalue weighted by Gasteiger charge is 2.34. The zero-order valence-electron chi connectivity index (χ0n) is 11.1. The van der Waals surface area contributed by atoms with Gasteiger partial charge in [-0.15, -0.1) is 0 Å². The lowest BCUT2D eigenvalue weighted by molar-refractivity contribution is -0.146. The Kier molecular flexibility index (Phi) is 4.80. The first-order valence-electron chi connectivity index (χ1n) is 6.44.